The summed E-state index contributed by atoms with van der Waals surface area (Å²) in [4.78, 5) is 2.37. The van der Waals surface area contributed by atoms with Crippen molar-refractivity contribution in [2.75, 3.05) is 26.3 Å². The molecule has 3 N–H and O–H groups in total. The summed E-state index contributed by atoms with van der Waals surface area (Å²) in [5, 5.41) is 3.54. The van der Waals surface area contributed by atoms with Gasteiger partial charge in [-0.3, -0.25) is 4.90 Å². The highest BCUT2D eigenvalue weighted by atomic mass is 15.2. The Balaban J connectivity index is 1.74. The van der Waals surface area contributed by atoms with Crippen molar-refractivity contribution >= 4 is 0 Å². The van der Waals surface area contributed by atoms with Crippen LogP contribution >= 0.6 is 0 Å². The van der Waals surface area contributed by atoms with Crippen molar-refractivity contribution in [1.82, 2.24) is 10.2 Å². The maximum absolute atomic E-state index is 5.64. The Kier molecular flexibility index (Phi) is 3.10. The molecule has 14 heavy (non-hydrogen) atoms. The number of rotatable bonds is 3. The van der Waals surface area contributed by atoms with Crippen molar-refractivity contribution in [3.8, 4) is 0 Å². The average molecular weight is 197 g/mol. The zero-order valence-corrected chi connectivity index (χ0v) is 9.26. The first-order chi connectivity index (χ1) is 6.78. The number of piperidine rings is 1. The molecule has 1 saturated carbocycles. The van der Waals surface area contributed by atoms with Crippen LogP contribution in [0.3, 0.4) is 0 Å². The molecule has 1 heterocycles. The Morgan fingerprint density at radius 2 is 2.00 bits per heavy atom. The molecule has 0 unspecified atom stereocenters. The predicted molar refractivity (Wildman–Crippen MR) is 59.0 cm³/mol. The highest BCUT2D eigenvalue weighted by Crippen LogP contribution is 2.48. The summed E-state index contributed by atoms with van der Waals surface area (Å²) >= 11 is 0. The Morgan fingerprint density at radius 3 is 2.50 bits per heavy atom. The lowest BCUT2D eigenvalue weighted by atomic mass is 9.60. The molecular formula is C11H23N3. The van der Waals surface area contributed by atoms with E-state index in [4.69, 9.17) is 5.73 Å². The van der Waals surface area contributed by atoms with Gasteiger partial charge in [-0.15, -0.1) is 0 Å². The van der Waals surface area contributed by atoms with Crippen molar-refractivity contribution in [2.24, 2.45) is 11.1 Å². The van der Waals surface area contributed by atoms with Crippen LogP contribution in [-0.4, -0.2) is 37.2 Å². The van der Waals surface area contributed by atoms with E-state index in [1.807, 2.05) is 0 Å². The van der Waals surface area contributed by atoms with E-state index < -0.39 is 0 Å². The fraction of sp³-hybridized carbons (Fsp3) is 1.00. The predicted octanol–water partition coefficient (Wildman–Crippen LogP) is 0.757. The number of hydrogen-bond donors (Lipinski definition) is 2. The first-order valence-electron chi connectivity index (χ1n) is 5.94. The highest BCUT2D eigenvalue weighted by molar-refractivity contribution is 4.99. The summed E-state index contributed by atoms with van der Waals surface area (Å²) in [6, 6.07) is 0.810. The topological polar surface area (TPSA) is 41.3 Å². The zero-order chi connectivity index (χ0) is 10.0. The van der Waals surface area contributed by atoms with Gasteiger partial charge in [0.05, 0.1) is 0 Å². The van der Waals surface area contributed by atoms with E-state index in [0.29, 0.717) is 5.41 Å². The molecule has 82 valence electrons. The van der Waals surface area contributed by atoms with Gasteiger partial charge in [-0.05, 0) is 50.7 Å². The summed E-state index contributed by atoms with van der Waals surface area (Å²) in [7, 11) is 0. The summed E-state index contributed by atoms with van der Waals surface area (Å²) in [5.74, 6) is 0. The van der Waals surface area contributed by atoms with Gasteiger partial charge in [0.25, 0.3) is 0 Å². The Morgan fingerprint density at radius 1 is 1.36 bits per heavy atom. The molecule has 0 amide bonds. The molecule has 0 radical (unpaired) electrons. The molecular weight excluding hydrogens is 174 g/mol. The van der Waals surface area contributed by atoms with Crippen LogP contribution in [0.1, 0.15) is 32.6 Å². The fourth-order valence-electron chi connectivity index (χ4n) is 3.04. The first kappa shape index (κ1) is 10.4. The van der Waals surface area contributed by atoms with E-state index in [1.54, 1.807) is 0 Å². The molecule has 0 aromatic heterocycles. The van der Waals surface area contributed by atoms with Gasteiger partial charge < -0.3 is 11.1 Å². The Labute approximate surface area is 87.0 Å². The standard InChI is InChI=1S/C11H23N3/c1-2-13-10-7-11(8-10)3-5-14(9-12)6-4-11/h10,13H,2-9,12H2,1H3. The SMILES string of the molecule is CCNC1CC2(CCN(CN)CC2)C1. The number of likely N-dealkylation sites (tertiary alicyclic amines) is 1. The lowest BCUT2D eigenvalue weighted by Crippen LogP contribution is -2.54. The van der Waals surface area contributed by atoms with Crippen LogP contribution in [0.2, 0.25) is 0 Å². The van der Waals surface area contributed by atoms with Crippen molar-refractivity contribution in [3.63, 3.8) is 0 Å². The van der Waals surface area contributed by atoms with Crippen molar-refractivity contribution in [1.29, 1.82) is 0 Å². The van der Waals surface area contributed by atoms with Crippen LogP contribution in [0.15, 0.2) is 0 Å². The minimum atomic E-state index is 0.693. The smallest absolute Gasteiger partial charge is 0.0455 e. The van der Waals surface area contributed by atoms with Crippen molar-refractivity contribution < 1.29 is 0 Å². The maximum atomic E-state index is 5.64. The number of nitrogens with two attached hydrogens (primary N) is 1. The molecule has 0 atom stereocenters. The number of nitrogens with zero attached hydrogens (tertiary/aromatic N) is 1. The van der Waals surface area contributed by atoms with E-state index in [2.05, 4.69) is 17.1 Å². The second kappa shape index (κ2) is 4.17. The van der Waals surface area contributed by atoms with Gasteiger partial charge in [0.1, 0.15) is 0 Å². The second-order valence-corrected chi connectivity index (χ2v) is 4.96. The van der Waals surface area contributed by atoms with Crippen LogP contribution in [0, 0.1) is 5.41 Å². The first-order valence-corrected chi connectivity index (χ1v) is 5.94. The molecule has 1 spiro atoms. The monoisotopic (exact) mass is 197 g/mol. The summed E-state index contributed by atoms with van der Waals surface area (Å²) in [6.45, 7) is 6.50. The minimum Gasteiger partial charge on any atom is -0.318 e. The van der Waals surface area contributed by atoms with E-state index >= 15 is 0 Å². The zero-order valence-electron chi connectivity index (χ0n) is 9.26. The van der Waals surface area contributed by atoms with Crippen LogP contribution in [0.4, 0.5) is 0 Å². The van der Waals surface area contributed by atoms with Gasteiger partial charge in [0.2, 0.25) is 0 Å². The molecule has 0 bridgehead atoms. The van der Waals surface area contributed by atoms with E-state index in [0.717, 1.165) is 19.3 Å². The maximum Gasteiger partial charge on any atom is 0.0455 e. The molecule has 1 aliphatic carbocycles. The molecule has 3 nitrogen and oxygen atoms in total. The van der Waals surface area contributed by atoms with Crippen LogP contribution in [0.25, 0.3) is 0 Å². The lowest BCUT2D eigenvalue weighted by Gasteiger charge is -2.52. The molecule has 2 aliphatic rings. The molecule has 1 saturated heterocycles. The highest BCUT2D eigenvalue weighted by Gasteiger charge is 2.44. The third-order valence-corrected chi connectivity index (χ3v) is 4.03. The quantitative estimate of drug-likeness (QED) is 0.702. The largest absolute Gasteiger partial charge is 0.318 e. The van der Waals surface area contributed by atoms with E-state index in [9.17, 15) is 0 Å². The van der Waals surface area contributed by atoms with E-state index in [-0.39, 0.29) is 0 Å². The summed E-state index contributed by atoms with van der Waals surface area (Å²) in [5.41, 5.74) is 6.33. The van der Waals surface area contributed by atoms with Crippen LogP contribution in [-0.2, 0) is 0 Å². The third kappa shape index (κ3) is 1.95. The summed E-state index contributed by atoms with van der Waals surface area (Å²) < 4.78 is 0. The minimum absolute atomic E-state index is 0.693. The molecule has 3 heteroatoms. The molecule has 0 aromatic rings. The van der Waals surface area contributed by atoms with Crippen molar-refractivity contribution in [2.45, 2.75) is 38.6 Å². The van der Waals surface area contributed by atoms with Gasteiger partial charge in [0, 0.05) is 12.7 Å². The van der Waals surface area contributed by atoms with Crippen LogP contribution < -0.4 is 11.1 Å². The van der Waals surface area contributed by atoms with Gasteiger partial charge in [-0.2, -0.15) is 0 Å². The Bertz CT molecular complexity index is 169. The summed E-state index contributed by atoms with van der Waals surface area (Å²) in [6.07, 6.45) is 5.54. The normalized spacial score (nSPS) is 27.9. The van der Waals surface area contributed by atoms with Gasteiger partial charge in [-0.25, -0.2) is 0 Å². The molecule has 2 rings (SSSR count). The average Bonchev–Trinajstić information content (AvgIpc) is 2.17. The Hall–Kier alpha value is -0.120. The van der Waals surface area contributed by atoms with Gasteiger partial charge in [-0.1, -0.05) is 6.92 Å². The number of nitrogens with one attached hydrogen (secondary N) is 1. The van der Waals surface area contributed by atoms with E-state index in [1.165, 1.54) is 38.8 Å². The van der Waals surface area contributed by atoms with Crippen LogP contribution in [0.5, 0.6) is 0 Å². The molecule has 0 aromatic carbocycles. The molecule has 2 fully saturated rings. The molecule has 1 aliphatic heterocycles. The van der Waals surface area contributed by atoms with Gasteiger partial charge >= 0.3 is 0 Å². The van der Waals surface area contributed by atoms with Crippen molar-refractivity contribution in [3.05, 3.63) is 0 Å². The second-order valence-electron chi connectivity index (χ2n) is 4.96. The number of hydrogen-bond acceptors (Lipinski definition) is 3. The third-order valence-electron chi connectivity index (χ3n) is 4.03. The van der Waals surface area contributed by atoms with Gasteiger partial charge in [0.15, 0.2) is 0 Å². The fourth-order valence-corrected chi connectivity index (χ4v) is 3.04. The lowest BCUT2D eigenvalue weighted by molar-refractivity contribution is 0.00754.